The SMILES string of the molecule is Cl.Cl.NCC=O.NCC=O. The van der Waals surface area contributed by atoms with Crippen LogP contribution in [0.1, 0.15) is 0 Å². The maximum Gasteiger partial charge on any atom is 0.133 e. The first-order chi connectivity index (χ1) is 3.83. The molecule has 0 fully saturated rings. The van der Waals surface area contributed by atoms with Gasteiger partial charge < -0.3 is 21.1 Å². The first-order valence-corrected chi connectivity index (χ1v) is 2.10. The van der Waals surface area contributed by atoms with Crippen molar-refractivity contribution in [2.24, 2.45) is 11.5 Å². The summed E-state index contributed by atoms with van der Waals surface area (Å²) < 4.78 is 0. The number of carbonyl (C=O) groups excluding carboxylic acids is 2. The van der Waals surface area contributed by atoms with Gasteiger partial charge in [0.15, 0.2) is 0 Å². The van der Waals surface area contributed by atoms with Crippen LogP contribution >= 0.6 is 24.8 Å². The van der Waals surface area contributed by atoms with Crippen LogP contribution in [-0.4, -0.2) is 25.7 Å². The Balaban J connectivity index is -0.0000000300. The second-order valence-corrected chi connectivity index (χ2v) is 0.805. The highest BCUT2D eigenvalue weighted by Crippen LogP contribution is 1.18. The fourth-order valence-corrected chi connectivity index (χ4v) is 0. The van der Waals surface area contributed by atoms with Gasteiger partial charge in [0, 0.05) is 13.1 Å². The topological polar surface area (TPSA) is 86.2 Å². The van der Waals surface area contributed by atoms with Gasteiger partial charge in [-0.25, -0.2) is 0 Å². The Hall–Kier alpha value is -0.160. The second-order valence-electron chi connectivity index (χ2n) is 0.805. The van der Waals surface area contributed by atoms with E-state index in [1.165, 1.54) is 0 Å². The molecule has 0 aromatic carbocycles. The van der Waals surface area contributed by atoms with E-state index in [2.05, 4.69) is 11.5 Å². The predicted molar refractivity (Wildman–Crippen MR) is 44.7 cm³/mol. The molecule has 4 nitrogen and oxygen atoms in total. The van der Waals surface area contributed by atoms with Crippen LogP contribution in [0, 0.1) is 0 Å². The number of aldehydes is 2. The largest absolute Gasteiger partial charge is 0.324 e. The first kappa shape index (κ1) is 22.5. The Labute approximate surface area is 72.1 Å². The Morgan fingerprint density at radius 1 is 0.900 bits per heavy atom. The maximum atomic E-state index is 9.05. The highest BCUT2D eigenvalue weighted by atomic mass is 35.5. The van der Waals surface area contributed by atoms with Crippen LogP contribution in [0.2, 0.25) is 0 Å². The molecule has 0 saturated carbocycles. The molecule has 0 saturated heterocycles. The van der Waals surface area contributed by atoms with Crippen LogP contribution in [0.4, 0.5) is 0 Å². The number of hydrogen-bond donors (Lipinski definition) is 2. The fraction of sp³-hybridized carbons (Fsp3) is 0.500. The van der Waals surface area contributed by atoms with Crippen molar-refractivity contribution in [2.45, 2.75) is 0 Å². The van der Waals surface area contributed by atoms with Crippen molar-refractivity contribution >= 4 is 37.4 Å². The average Bonchev–Trinajstić information content (AvgIpc) is 1.88. The van der Waals surface area contributed by atoms with Crippen molar-refractivity contribution in [1.29, 1.82) is 0 Å². The lowest BCUT2D eigenvalue weighted by molar-refractivity contribution is -0.107. The van der Waals surface area contributed by atoms with Crippen molar-refractivity contribution in [1.82, 2.24) is 0 Å². The summed E-state index contributed by atoms with van der Waals surface area (Å²) in [7, 11) is 0. The Morgan fingerprint density at radius 2 is 1.00 bits per heavy atom. The summed E-state index contributed by atoms with van der Waals surface area (Å²) in [6.45, 7) is 0.278. The van der Waals surface area contributed by atoms with Crippen LogP contribution in [0.25, 0.3) is 0 Å². The average molecular weight is 191 g/mol. The van der Waals surface area contributed by atoms with Crippen LogP contribution < -0.4 is 11.5 Å². The molecular formula is C4H12Cl2N2O2. The number of halogens is 2. The minimum absolute atomic E-state index is 0. The van der Waals surface area contributed by atoms with E-state index in [1.54, 1.807) is 0 Å². The van der Waals surface area contributed by atoms with Gasteiger partial charge in [0.2, 0.25) is 0 Å². The first-order valence-electron chi connectivity index (χ1n) is 2.10. The standard InChI is InChI=1S/2C2H5NO.2ClH/c2*3-1-2-4;;/h2*2H,1,3H2;2*1H. The van der Waals surface area contributed by atoms with Crippen LogP contribution in [0.3, 0.4) is 0 Å². The predicted octanol–water partition coefficient (Wildman–Crippen LogP) is -0.868. The molecule has 0 rings (SSSR count). The minimum Gasteiger partial charge on any atom is -0.324 e. The molecule has 0 aromatic heterocycles. The molecule has 0 aliphatic carbocycles. The van der Waals surface area contributed by atoms with Gasteiger partial charge in [-0.2, -0.15) is 0 Å². The summed E-state index contributed by atoms with van der Waals surface area (Å²) >= 11 is 0. The van der Waals surface area contributed by atoms with E-state index >= 15 is 0 Å². The molecule has 0 radical (unpaired) electrons. The number of rotatable bonds is 2. The second kappa shape index (κ2) is 36.8. The summed E-state index contributed by atoms with van der Waals surface area (Å²) in [5, 5.41) is 0. The van der Waals surface area contributed by atoms with Gasteiger partial charge in [-0.05, 0) is 0 Å². The Kier molecular flexibility index (Phi) is 83.1. The molecule has 0 amide bonds. The summed E-state index contributed by atoms with van der Waals surface area (Å²) in [5.41, 5.74) is 9.32. The third kappa shape index (κ3) is 108. The van der Waals surface area contributed by atoms with Crippen LogP contribution in [0.15, 0.2) is 0 Å². The van der Waals surface area contributed by atoms with E-state index in [4.69, 9.17) is 9.59 Å². The Bertz CT molecular complexity index is 55.2. The molecule has 0 unspecified atom stereocenters. The molecule has 64 valence electrons. The molecule has 0 aliphatic rings. The van der Waals surface area contributed by atoms with E-state index < -0.39 is 0 Å². The van der Waals surface area contributed by atoms with Gasteiger partial charge >= 0.3 is 0 Å². The maximum absolute atomic E-state index is 9.05. The molecule has 0 aliphatic heterocycles. The van der Waals surface area contributed by atoms with Crippen molar-refractivity contribution in [3.05, 3.63) is 0 Å². The van der Waals surface area contributed by atoms with Crippen molar-refractivity contribution in [3.63, 3.8) is 0 Å². The van der Waals surface area contributed by atoms with E-state index in [1.807, 2.05) is 0 Å². The van der Waals surface area contributed by atoms with Crippen molar-refractivity contribution < 1.29 is 9.59 Å². The molecule has 6 heteroatoms. The van der Waals surface area contributed by atoms with Gasteiger partial charge in [0.05, 0.1) is 0 Å². The van der Waals surface area contributed by atoms with E-state index in [0.29, 0.717) is 12.6 Å². The van der Waals surface area contributed by atoms with E-state index in [9.17, 15) is 0 Å². The molecule has 0 heterocycles. The van der Waals surface area contributed by atoms with Crippen molar-refractivity contribution in [2.75, 3.05) is 13.1 Å². The van der Waals surface area contributed by atoms with Gasteiger partial charge in [-0.3, -0.25) is 0 Å². The third-order valence-electron chi connectivity index (χ3n) is 0.192. The normalized spacial score (nSPS) is 5.00. The van der Waals surface area contributed by atoms with Crippen molar-refractivity contribution in [3.8, 4) is 0 Å². The minimum atomic E-state index is 0. The molecular weight excluding hydrogens is 179 g/mol. The van der Waals surface area contributed by atoms with Gasteiger partial charge in [-0.1, -0.05) is 0 Å². The van der Waals surface area contributed by atoms with Crippen LogP contribution in [-0.2, 0) is 9.59 Å². The zero-order valence-electron chi connectivity index (χ0n) is 5.36. The Morgan fingerprint density at radius 3 is 1.00 bits per heavy atom. The quantitative estimate of drug-likeness (QED) is 0.555. The summed E-state index contributed by atoms with van der Waals surface area (Å²) in [5.74, 6) is 0. The van der Waals surface area contributed by atoms with E-state index in [0.717, 1.165) is 0 Å². The highest BCUT2D eigenvalue weighted by Gasteiger charge is 1.51. The molecule has 10 heavy (non-hydrogen) atoms. The molecule has 0 spiro atoms. The van der Waals surface area contributed by atoms with Gasteiger partial charge in [-0.15, -0.1) is 24.8 Å². The van der Waals surface area contributed by atoms with Gasteiger partial charge in [0.1, 0.15) is 12.6 Å². The molecule has 4 N–H and O–H groups in total. The lowest BCUT2D eigenvalue weighted by Gasteiger charge is -1.55. The van der Waals surface area contributed by atoms with Gasteiger partial charge in [0.25, 0.3) is 0 Å². The lowest BCUT2D eigenvalue weighted by atomic mass is 10.8. The molecule has 0 bridgehead atoms. The monoisotopic (exact) mass is 190 g/mol. The zero-order chi connectivity index (χ0) is 6.83. The number of hydrogen-bond acceptors (Lipinski definition) is 4. The summed E-state index contributed by atoms with van der Waals surface area (Å²) in [6, 6.07) is 0. The van der Waals surface area contributed by atoms with Crippen LogP contribution in [0.5, 0.6) is 0 Å². The summed E-state index contributed by atoms with van der Waals surface area (Å²) in [4.78, 5) is 18.1. The smallest absolute Gasteiger partial charge is 0.133 e. The number of carbonyl (C=O) groups is 2. The molecule has 0 atom stereocenters. The lowest BCUT2D eigenvalue weighted by Crippen LogP contribution is -1.97. The summed E-state index contributed by atoms with van der Waals surface area (Å²) in [6.07, 6.45) is 1.31. The zero-order valence-corrected chi connectivity index (χ0v) is 6.99. The fourth-order valence-electron chi connectivity index (χ4n) is 0. The van der Waals surface area contributed by atoms with E-state index in [-0.39, 0.29) is 37.9 Å². The third-order valence-corrected chi connectivity index (χ3v) is 0.192. The number of nitrogens with two attached hydrogens (primary N) is 2. The highest BCUT2D eigenvalue weighted by molar-refractivity contribution is 5.85. The molecule has 0 aromatic rings.